The van der Waals surface area contributed by atoms with Crippen LogP contribution >= 0.6 is 15.9 Å². The van der Waals surface area contributed by atoms with Gasteiger partial charge < -0.3 is 10.4 Å². The van der Waals surface area contributed by atoms with Gasteiger partial charge in [0.05, 0.1) is 11.3 Å². The van der Waals surface area contributed by atoms with Gasteiger partial charge in [0.1, 0.15) is 0 Å². The van der Waals surface area contributed by atoms with Crippen LogP contribution in [0.15, 0.2) is 22.7 Å². The third-order valence-corrected chi connectivity index (χ3v) is 4.42. The van der Waals surface area contributed by atoms with Gasteiger partial charge in [-0.2, -0.15) is 0 Å². The number of para-hydroxylation sites is 1. The molecule has 1 amide bonds. The lowest BCUT2D eigenvalue weighted by atomic mass is 10.0. The summed E-state index contributed by atoms with van der Waals surface area (Å²) in [6.07, 6.45) is 6.29. The molecule has 0 saturated heterocycles. The second kappa shape index (κ2) is 6.88. The molecule has 0 atom stereocenters. The Hall–Kier alpha value is -1.36. The molecule has 0 heterocycles. The Balaban J connectivity index is 1.98. The average Bonchev–Trinajstić information content (AvgIpc) is 2.91. The topological polar surface area (TPSA) is 66.4 Å². The molecule has 0 spiro atoms. The lowest BCUT2D eigenvalue weighted by Gasteiger charge is -2.12. The maximum Gasteiger partial charge on any atom is 0.337 e. The van der Waals surface area contributed by atoms with Crippen molar-refractivity contribution >= 4 is 33.5 Å². The number of carboxylic acids is 1. The molecule has 5 heteroatoms. The van der Waals surface area contributed by atoms with E-state index in [-0.39, 0.29) is 11.5 Å². The van der Waals surface area contributed by atoms with Crippen LogP contribution in [0, 0.1) is 5.92 Å². The van der Waals surface area contributed by atoms with Gasteiger partial charge >= 0.3 is 5.97 Å². The molecule has 108 valence electrons. The zero-order valence-electron chi connectivity index (χ0n) is 11.2. The zero-order valence-corrected chi connectivity index (χ0v) is 12.8. The summed E-state index contributed by atoms with van der Waals surface area (Å²) in [4.78, 5) is 23.1. The van der Waals surface area contributed by atoms with Crippen molar-refractivity contribution in [1.82, 2.24) is 0 Å². The second-order valence-electron chi connectivity index (χ2n) is 5.20. The summed E-state index contributed by atoms with van der Waals surface area (Å²) in [6, 6.07) is 4.85. The molecule has 1 aromatic carbocycles. The molecule has 1 fully saturated rings. The third-order valence-electron chi connectivity index (χ3n) is 3.76. The minimum absolute atomic E-state index is 0.105. The van der Waals surface area contributed by atoms with E-state index in [0.29, 0.717) is 22.5 Å². The molecular weight excluding hydrogens is 322 g/mol. The van der Waals surface area contributed by atoms with E-state index < -0.39 is 5.97 Å². The predicted octanol–water partition coefficient (Wildman–Crippen LogP) is 4.06. The Bertz CT molecular complexity index is 510. The molecule has 2 rings (SSSR count). The highest BCUT2D eigenvalue weighted by Gasteiger charge is 2.18. The molecule has 1 aromatic rings. The molecule has 1 aliphatic rings. The van der Waals surface area contributed by atoms with Crippen LogP contribution in [-0.2, 0) is 4.79 Å². The summed E-state index contributed by atoms with van der Waals surface area (Å²) in [7, 11) is 0. The van der Waals surface area contributed by atoms with E-state index >= 15 is 0 Å². The van der Waals surface area contributed by atoms with Crippen molar-refractivity contribution in [2.24, 2.45) is 5.92 Å². The van der Waals surface area contributed by atoms with Crippen LogP contribution in [0.3, 0.4) is 0 Å². The van der Waals surface area contributed by atoms with Crippen LogP contribution in [0.5, 0.6) is 0 Å². The van der Waals surface area contributed by atoms with Gasteiger partial charge in [-0.15, -0.1) is 0 Å². The number of carbonyl (C=O) groups is 2. The van der Waals surface area contributed by atoms with Gasteiger partial charge in [0.2, 0.25) is 5.91 Å². The Morgan fingerprint density at radius 2 is 2.00 bits per heavy atom. The van der Waals surface area contributed by atoms with Crippen molar-refractivity contribution in [3.05, 3.63) is 28.2 Å². The van der Waals surface area contributed by atoms with Crippen LogP contribution in [0.1, 0.15) is 48.9 Å². The summed E-state index contributed by atoms with van der Waals surface area (Å²) in [5, 5.41) is 11.9. The number of carbonyl (C=O) groups excluding carboxylic acids is 1. The molecule has 0 radical (unpaired) electrons. The van der Waals surface area contributed by atoms with Crippen molar-refractivity contribution in [3.63, 3.8) is 0 Å². The Labute approximate surface area is 126 Å². The minimum atomic E-state index is -1.04. The highest BCUT2D eigenvalue weighted by atomic mass is 79.9. The van der Waals surface area contributed by atoms with Crippen LogP contribution < -0.4 is 5.32 Å². The molecular formula is C15H18BrNO3. The molecule has 0 aromatic heterocycles. The van der Waals surface area contributed by atoms with Crippen molar-refractivity contribution in [2.45, 2.75) is 38.5 Å². The summed E-state index contributed by atoms with van der Waals surface area (Å²) in [5.74, 6) is -0.511. The second-order valence-corrected chi connectivity index (χ2v) is 6.06. The number of halogens is 1. The highest BCUT2D eigenvalue weighted by molar-refractivity contribution is 9.10. The fourth-order valence-corrected chi connectivity index (χ4v) is 3.13. The van der Waals surface area contributed by atoms with Gasteiger partial charge in [0.15, 0.2) is 0 Å². The number of hydrogen-bond acceptors (Lipinski definition) is 2. The number of hydrogen-bond donors (Lipinski definition) is 2. The largest absolute Gasteiger partial charge is 0.478 e. The number of benzene rings is 1. The first-order chi connectivity index (χ1) is 9.58. The summed E-state index contributed by atoms with van der Waals surface area (Å²) >= 11 is 3.28. The smallest absolute Gasteiger partial charge is 0.337 e. The number of aromatic carboxylic acids is 1. The lowest BCUT2D eigenvalue weighted by molar-refractivity contribution is -0.116. The van der Waals surface area contributed by atoms with Crippen molar-refractivity contribution in [1.29, 1.82) is 0 Å². The zero-order chi connectivity index (χ0) is 14.5. The van der Waals surface area contributed by atoms with Gasteiger partial charge in [0, 0.05) is 10.9 Å². The van der Waals surface area contributed by atoms with Gasteiger partial charge in [-0.1, -0.05) is 31.7 Å². The lowest BCUT2D eigenvalue weighted by Crippen LogP contribution is -2.15. The van der Waals surface area contributed by atoms with E-state index in [2.05, 4.69) is 21.2 Å². The number of nitrogens with one attached hydrogen (secondary N) is 1. The summed E-state index contributed by atoms with van der Waals surface area (Å²) < 4.78 is 0.589. The SMILES string of the molecule is O=C(CCC1CCCC1)Nc1c(Br)cccc1C(=O)O. The summed E-state index contributed by atoms with van der Waals surface area (Å²) in [6.45, 7) is 0. The van der Waals surface area contributed by atoms with E-state index in [9.17, 15) is 9.59 Å². The Morgan fingerprint density at radius 1 is 1.30 bits per heavy atom. The molecule has 1 saturated carbocycles. The Morgan fingerprint density at radius 3 is 2.65 bits per heavy atom. The minimum Gasteiger partial charge on any atom is -0.478 e. The van der Waals surface area contributed by atoms with Gasteiger partial charge in [-0.25, -0.2) is 4.79 Å². The van der Waals surface area contributed by atoms with E-state index in [0.717, 1.165) is 6.42 Å². The normalized spacial score (nSPS) is 15.2. The maximum absolute atomic E-state index is 12.0. The molecule has 0 aliphatic heterocycles. The first-order valence-corrected chi connectivity index (χ1v) is 7.69. The van der Waals surface area contributed by atoms with Gasteiger partial charge in [0.25, 0.3) is 0 Å². The van der Waals surface area contributed by atoms with E-state index in [1.807, 2.05) is 0 Å². The van der Waals surface area contributed by atoms with Crippen molar-refractivity contribution in [2.75, 3.05) is 5.32 Å². The predicted molar refractivity (Wildman–Crippen MR) is 80.9 cm³/mol. The van der Waals surface area contributed by atoms with E-state index in [4.69, 9.17) is 5.11 Å². The van der Waals surface area contributed by atoms with Crippen LogP contribution in [0.4, 0.5) is 5.69 Å². The standard InChI is InChI=1S/C15H18BrNO3/c16-12-7-3-6-11(15(19)20)14(12)17-13(18)9-8-10-4-1-2-5-10/h3,6-7,10H,1-2,4-5,8-9H2,(H,17,18)(H,19,20). The van der Waals surface area contributed by atoms with Crippen LogP contribution in [0.2, 0.25) is 0 Å². The monoisotopic (exact) mass is 339 g/mol. The molecule has 0 unspecified atom stereocenters. The first kappa shape index (κ1) is 15.0. The molecule has 0 bridgehead atoms. The Kier molecular flexibility index (Phi) is 5.17. The number of carboxylic acid groups (broad SMARTS) is 1. The van der Waals surface area contributed by atoms with E-state index in [1.54, 1.807) is 12.1 Å². The first-order valence-electron chi connectivity index (χ1n) is 6.89. The number of amides is 1. The number of rotatable bonds is 5. The number of anilines is 1. The third kappa shape index (κ3) is 3.82. The van der Waals surface area contributed by atoms with Gasteiger partial charge in [-0.05, 0) is 40.4 Å². The molecule has 2 N–H and O–H groups in total. The maximum atomic E-state index is 12.0. The fraction of sp³-hybridized carbons (Fsp3) is 0.467. The van der Waals surface area contributed by atoms with Crippen molar-refractivity contribution < 1.29 is 14.7 Å². The van der Waals surface area contributed by atoms with Crippen molar-refractivity contribution in [3.8, 4) is 0 Å². The quantitative estimate of drug-likeness (QED) is 0.850. The fourth-order valence-electron chi connectivity index (χ4n) is 2.67. The average molecular weight is 340 g/mol. The molecule has 20 heavy (non-hydrogen) atoms. The molecule has 4 nitrogen and oxygen atoms in total. The van der Waals surface area contributed by atoms with Crippen LogP contribution in [0.25, 0.3) is 0 Å². The molecule has 1 aliphatic carbocycles. The van der Waals surface area contributed by atoms with E-state index in [1.165, 1.54) is 31.7 Å². The van der Waals surface area contributed by atoms with Gasteiger partial charge in [-0.3, -0.25) is 4.79 Å². The summed E-state index contributed by atoms with van der Waals surface area (Å²) in [5.41, 5.74) is 0.449. The van der Waals surface area contributed by atoms with Crippen LogP contribution in [-0.4, -0.2) is 17.0 Å². The highest BCUT2D eigenvalue weighted by Crippen LogP contribution is 2.30.